The fourth-order valence-electron chi connectivity index (χ4n) is 4.12. The molecule has 33 heavy (non-hydrogen) atoms. The number of benzene rings is 3. The summed E-state index contributed by atoms with van der Waals surface area (Å²) < 4.78 is 17.8. The summed E-state index contributed by atoms with van der Waals surface area (Å²) in [5, 5.41) is 10.5. The largest absolute Gasteiger partial charge is 0.456 e. The van der Waals surface area contributed by atoms with Crippen molar-refractivity contribution in [2.24, 2.45) is 5.73 Å². The first-order valence-corrected chi connectivity index (χ1v) is 10.8. The molecule has 3 heterocycles. The highest BCUT2D eigenvalue weighted by Gasteiger charge is 2.21. The molecule has 162 valence electrons. The van der Waals surface area contributed by atoms with Crippen molar-refractivity contribution >= 4 is 21.9 Å². The van der Waals surface area contributed by atoms with Crippen molar-refractivity contribution in [1.29, 1.82) is 0 Å². The maximum Gasteiger partial charge on any atom is 0.284 e. The Bertz CT molecular complexity index is 1540. The molecule has 3 aromatic carbocycles. The Morgan fingerprint density at radius 1 is 0.818 bits per heavy atom. The molecule has 3 aromatic heterocycles. The number of hydrogen-bond donors (Lipinski definition) is 1. The lowest BCUT2D eigenvalue weighted by Crippen LogP contribution is -2.13. The molecule has 6 heteroatoms. The summed E-state index contributed by atoms with van der Waals surface area (Å²) in [6.07, 6.45) is 0.571. The average Bonchev–Trinajstić information content (AvgIpc) is 3.57. The van der Waals surface area contributed by atoms with E-state index >= 15 is 0 Å². The zero-order valence-corrected chi connectivity index (χ0v) is 18.0. The van der Waals surface area contributed by atoms with Crippen LogP contribution in [0.25, 0.3) is 44.9 Å². The van der Waals surface area contributed by atoms with Gasteiger partial charge in [0, 0.05) is 21.9 Å². The number of aromatic nitrogens is 2. The van der Waals surface area contributed by atoms with E-state index in [1.165, 1.54) is 0 Å². The summed E-state index contributed by atoms with van der Waals surface area (Å²) in [5.74, 6) is 2.15. The lowest BCUT2D eigenvalue weighted by molar-refractivity contribution is 0.446. The molecule has 1 atom stereocenters. The van der Waals surface area contributed by atoms with E-state index in [0.29, 0.717) is 24.0 Å². The van der Waals surface area contributed by atoms with E-state index in [-0.39, 0.29) is 0 Å². The fraction of sp³-hybridized carbons (Fsp3) is 0.111. The van der Waals surface area contributed by atoms with Crippen LogP contribution in [0.3, 0.4) is 0 Å². The van der Waals surface area contributed by atoms with Crippen molar-refractivity contribution in [3.05, 3.63) is 95.9 Å². The summed E-state index contributed by atoms with van der Waals surface area (Å²) in [5.41, 5.74) is 11.1. The van der Waals surface area contributed by atoms with E-state index < -0.39 is 6.04 Å². The van der Waals surface area contributed by atoms with Gasteiger partial charge in [-0.3, -0.25) is 0 Å². The number of para-hydroxylation sites is 2. The third-order valence-corrected chi connectivity index (χ3v) is 5.92. The van der Waals surface area contributed by atoms with Crippen LogP contribution in [0.15, 0.2) is 92.1 Å². The maximum atomic E-state index is 6.39. The van der Waals surface area contributed by atoms with Gasteiger partial charge in [-0.1, -0.05) is 60.7 Å². The molecular weight excluding hydrogens is 414 g/mol. The molecule has 0 aliphatic rings. The molecule has 0 fully saturated rings. The van der Waals surface area contributed by atoms with E-state index in [1.54, 1.807) is 0 Å². The molecule has 0 aliphatic carbocycles. The van der Waals surface area contributed by atoms with Crippen LogP contribution in [0.4, 0.5) is 0 Å². The molecule has 0 aliphatic heterocycles. The normalized spacial score (nSPS) is 12.5. The van der Waals surface area contributed by atoms with Gasteiger partial charge in [0.05, 0.1) is 6.04 Å². The Morgan fingerprint density at radius 3 is 2.36 bits per heavy atom. The van der Waals surface area contributed by atoms with Gasteiger partial charge in [0.1, 0.15) is 16.9 Å². The predicted octanol–water partition coefficient (Wildman–Crippen LogP) is 6.45. The molecule has 1 unspecified atom stereocenters. The van der Waals surface area contributed by atoms with Gasteiger partial charge in [-0.2, -0.15) is 0 Å². The molecule has 0 bridgehead atoms. The molecule has 2 N–H and O–H groups in total. The van der Waals surface area contributed by atoms with Gasteiger partial charge >= 0.3 is 0 Å². The second-order valence-electron chi connectivity index (χ2n) is 8.15. The number of nitrogens with two attached hydrogens (primary N) is 1. The first kappa shape index (κ1) is 19.5. The Balaban J connectivity index is 1.20. The quantitative estimate of drug-likeness (QED) is 0.335. The topological polar surface area (TPSA) is 91.2 Å². The van der Waals surface area contributed by atoms with Gasteiger partial charge in [0.2, 0.25) is 5.89 Å². The number of furan rings is 2. The van der Waals surface area contributed by atoms with Crippen molar-refractivity contribution < 1.29 is 13.3 Å². The van der Waals surface area contributed by atoms with Crippen molar-refractivity contribution in [3.8, 4) is 23.0 Å². The van der Waals surface area contributed by atoms with Crippen LogP contribution >= 0.6 is 0 Å². The molecule has 0 saturated carbocycles. The highest BCUT2D eigenvalue weighted by Crippen LogP contribution is 2.33. The monoisotopic (exact) mass is 435 g/mol. The van der Waals surface area contributed by atoms with Gasteiger partial charge in [0.15, 0.2) is 5.76 Å². The fourth-order valence-corrected chi connectivity index (χ4v) is 4.12. The smallest absolute Gasteiger partial charge is 0.284 e. The van der Waals surface area contributed by atoms with E-state index in [1.807, 2.05) is 79.7 Å². The summed E-state index contributed by atoms with van der Waals surface area (Å²) in [7, 11) is 0. The Kier molecular flexibility index (Phi) is 4.59. The number of rotatable bonds is 5. The Labute approximate surface area is 189 Å². The Morgan fingerprint density at radius 2 is 1.58 bits per heavy atom. The molecule has 6 nitrogen and oxygen atoms in total. The third kappa shape index (κ3) is 3.50. The van der Waals surface area contributed by atoms with Crippen LogP contribution in [-0.2, 0) is 6.42 Å². The second-order valence-corrected chi connectivity index (χ2v) is 8.15. The van der Waals surface area contributed by atoms with E-state index in [9.17, 15) is 0 Å². The summed E-state index contributed by atoms with van der Waals surface area (Å²) >= 11 is 0. The second kappa shape index (κ2) is 7.76. The summed E-state index contributed by atoms with van der Waals surface area (Å²) in [4.78, 5) is 0. The minimum Gasteiger partial charge on any atom is -0.456 e. The van der Waals surface area contributed by atoms with Crippen LogP contribution < -0.4 is 5.73 Å². The van der Waals surface area contributed by atoms with Crippen LogP contribution in [0.2, 0.25) is 0 Å². The Hall–Kier alpha value is -4.16. The van der Waals surface area contributed by atoms with Crippen molar-refractivity contribution in [2.45, 2.75) is 19.4 Å². The van der Waals surface area contributed by atoms with Crippen molar-refractivity contribution in [2.75, 3.05) is 0 Å². The number of nitrogens with zero attached hydrogens (tertiary/aromatic N) is 2. The SMILES string of the molecule is Cc1c(-c2nnc(C(N)Cc3ccc(-c4cc5ccccc5o4)cc3)o2)oc2ccccc12. The number of fused-ring (bicyclic) bond motifs is 2. The molecule has 0 radical (unpaired) electrons. The standard InChI is InChI=1S/C27H21N3O3/c1-16-20-7-3-5-9-23(20)32-25(16)27-30-29-26(33-27)21(28)14-17-10-12-18(13-11-17)24-15-19-6-2-4-8-22(19)31-24/h2-13,15,21H,14,28H2,1H3. The van der Waals surface area contributed by atoms with Crippen molar-refractivity contribution in [1.82, 2.24) is 10.2 Å². The third-order valence-electron chi connectivity index (χ3n) is 5.92. The van der Waals surface area contributed by atoms with E-state index in [4.69, 9.17) is 19.0 Å². The average molecular weight is 435 g/mol. The lowest BCUT2D eigenvalue weighted by Gasteiger charge is -2.07. The summed E-state index contributed by atoms with van der Waals surface area (Å²) in [6, 6.07) is 25.6. The zero-order chi connectivity index (χ0) is 22.4. The molecule has 6 aromatic rings. The number of hydrogen-bond acceptors (Lipinski definition) is 6. The zero-order valence-electron chi connectivity index (χ0n) is 18.0. The molecule has 0 spiro atoms. The van der Waals surface area contributed by atoms with Gasteiger partial charge in [0.25, 0.3) is 5.89 Å². The minimum atomic E-state index is -0.423. The molecular formula is C27H21N3O3. The summed E-state index contributed by atoms with van der Waals surface area (Å²) in [6.45, 7) is 1.98. The van der Waals surface area contributed by atoms with Gasteiger partial charge < -0.3 is 19.0 Å². The van der Waals surface area contributed by atoms with Crippen LogP contribution in [0.5, 0.6) is 0 Å². The lowest BCUT2D eigenvalue weighted by atomic mass is 10.0. The highest BCUT2D eigenvalue weighted by atomic mass is 16.4. The van der Waals surface area contributed by atoms with Gasteiger partial charge in [-0.25, -0.2) is 0 Å². The van der Waals surface area contributed by atoms with E-state index in [0.717, 1.165) is 44.4 Å². The van der Waals surface area contributed by atoms with Crippen molar-refractivity contribution in [3.63, 3.8) is 0 Å². The maximum absolute atomic E-state index is 6.39. The van der Waals surface area contributed by atoms with Crippen LogP contribution in [0, 0.1) is 6.92 Å². The number of aryl methyl sites for hydroxylation is 1. The predicted molar refractivity (Wildman–Crippen MR) is 127 cm³/mol. The molecule has 0 saturated heterocycles. The highest BCUT2D eigenvalue weighted by molar-refractivity contribution is 5.86. The first-order valence-electron chi connectivity index (χ1n) is 10.8. The van der Waals surface area contributed by atoms with E-state index in [2.05, 4.69) is 16.3 Å². The minimum absolute atomic E-state index is 0.342. The molecule has 6 rings (SSSR count). The van der Waals surface area contributed by atoms with Gasteiger partial charge in [-0.15, -0.1) is 10.2 Å². The van der Waals surface area contributed by atoms with Crippen LogP contribution in [-0.4, -0.2) is 10.2 Å². The first-order chi connectivity index (χ1) is 16.2. The van der Waals surface area contributed by atoms with Crippen LogP contribution in [0.1, 0.15) is 23.1 Å². The molecule has 0 amide bonds. The van der Waals surface area contributed by atoms with Gasteiger partial charge in [-0.05, 0) is 37.1 Å².